The van der Waals surface area contributed by atoms with Gasteiger partial charge in [0.2, 0.25) is 0 Å². The summed E-state index contributed by atoms with van der Waals surface area (Å²) in [5.74, 6) is -0.0749. The first kappa shape index (κ1) is 27.1. The first-order chi connectivity index (χ1) is 19.1. The van der Waals surface area contributed by atoms with E-state index in [2.05, 4.69) is 25.2 Å². The number of nitrogens with zero attached hydrogens (tertiary/aromatic N) is 6. The zero-order chi connectivity index (χ0) is 28.6. The Morgan fingerprint density at radius 2 is 1.73 bits per heavy atom. The number of benzene rings is 2. The molecular formula is C28H24F5N7. The van der Waals surface area contributed by atoms with Gasteiger partial charge in [-0.1, -0.05) is 6.07 Å². The van der Waals surface area contributed by atoms with Gasteiger partial charge in [-0.3, -0.25) is 0 Å². The molecule has 4 aromatic rings. The SMILES string of the molecule is CNc1ncnc(N2CCC(c3nc(-c4ccc(F)c(C(F)(F)F)c4)cn3C)CC2)c1-c1ccc(C#N)c(F)c1. The molecular weight excluding hydrogens is 529 g/mol. The number of hydrogen-bond donors (Lipinski definition) is 1. The van der Waals surface area contributed by atoms with E-state index in [1.807, 2.05) is 6.07 Å². The van der Waals surface area contributed by atoms with Crippen LogP contribution < -0.4 is 10.2 Å². The Hall–Kier alpha value is -4.53. The summed E-state index contributed by atoms with van der Waals surface area (Å²) in [6, 6.07) is 9.08. The zero-order valence-corrected chi connectivity index (χ0v) is 21.6. The van der Waals surface area contributed by atoms with Gasteiger partial charge in [0.25, 0.3) is 0 Å². The number of imidazole rings is 1. The summed E-state index contributed by atoms with van der Waals surface area (Å²) >= 11 is 0. The number of aromatic nitrogens is 4. The summed E-state index contributed by atoms with van der Waals surface area (Å²) in [6.07, 6.45) is -0.361. The Morgan fingerprint density at radius 1 is 1.00 bits per heavy atom. The fourth-order valence-electron chi connectivity index (χ4n) is 5.08. The molecule has 1 N–H and O–H groups in total. The number of nitrogens with one attached hydrogen (secondary N) is 1. The molecule has 1 saturated heterocycles. The van der Waals surface area contributed by atoms with Crippen LogP contribution in [0, 0.1) is 23.0 Å². The van der Waals surface area contributed by atoms with E-state index < -0.39 is 23.4 Å². The third kappa shape index (κ3) is 5.06. The van der Waals surface area contributed by atoms with Gasteiger partial charge in [-0.2, -0.15) is 18.4 Å². The molecule has 12 heteroatoms. The lowest BCUT2D eigenvalue weighted by atomic mass is 9.95. The van der Waals surface area contributed by atoms with Gasteiger partial charge in [0.1, 0.15) is 41.5 Å². The standard InChI is InChI=1S/C28H24F5N7/c1-35-25-24(18-3-4-19(13-34)22(30)12-18)27(37-15-36-25)40-9-7-16(8-10-40)26-38-23(14-39(26)2)17-5-6-21(29)20(11-17)28(31,32)33/h3-6,11-12,14-16H,7-10H2,1-2H3,(H,35,36,37). The highest BCUT2D eigenvalue weighted by molar-refractivity contribution is 5.85. The fourth-order valence-corrected chi connectivity index (χ4v) is 5.08. The van der Waals surface area contributed by atoms with Crippen LogP contribution in [-0.2, 0) is 13.2 Å². The second-order valence-corrected chi connectivity index (χ2v) is 9.53. The molecule has 2 aromatic carbocycles. The van der Waals surface area contributed by atoms with Crippen molar-refractivity contribution < 1.29 is 22.0 Å². The smallest absolute Gasteiger partial charge is 0.372 e. The first-order valence-electron chi connectivity index (χ1n) is 12.5. The highest BCUT2D eigenvalue weighted by Crippen LogP contribution is 2.39. The predicted octanol–water partition coefficient (Wildman–Crippen LogP) is 6.14. The second kappa shape index (κ2) is 10.6. The number of nitriles is 1. The largest absolute Gasteiger partial charge is 0.419 e. The quantitative estimate of drug-likeness (QED) is 0.299. The van der Waals surface area contributed by atoms with Gasteiger partial charge >= 0.3 is 6.18 Å². The van der Waals surface area contributed by atoms with E-state index in [9.17, 15) is 22.0 Å². The molecule has 40 heavy (non-hydrogen) atoms. The molecule has 3 heterocycles. The van der Waals surface area contributed by atoms with Crippen molar-refractivity contribution in [2.45, 2.75) is 24.9 Å². The number of halogens is 5. The van der Waals surface area contributed by atoms with Gasteiger partial charge in [0, 0.05) is 44.9 Å². The van der Waals surface area contributed by atoms with Crippen LogP contribution in [0.4, 0.5) is 33.6 Å². The van der Waals surface area contributed by atoms with Gasteiger partial charge in [-0.15, -0.1) is 0 Å². The zero-order valence-electron chi connectivity index (χ0n) is 21.6. The minimum Gasteiger partial charge on any atom is -0.372 e. The molecule has 0 radical (unpaired) electrons. The van der Waals surface area contributed by atoms with E-state index in [0.717, 1.165) is 18.0 Å². The van der Waals surface area contributed by atoms with Crippen LogP contribution in [0.5, 0.6) is 0 Å². The Kier molecular flexibility index (Phi) is 7.14. The van der Waals surface area contributed by atoms with E-state index >= 15 is 0 Å². The van der Waals surface area contributed by atoms with Crippen LogP contribution in [0.3, 0.4) is 0 Å². The highest BCUT2D eigenvalue weighted by atomic mass is 19.4. The molecule has 0 atom stereocenters. The van der Waals surface area contributed by atoms with Gasteiger partial charge in [-0.05, 0) is 48.7 Å². The summed E-state index contributed by atoms with van der Waals surface area (Å²) in [4.78, 5) is 15.5. The molecule has 1 fully saturated rings. The number of piperidine rings is 1. The Morgan fingerprint density at radius 3 is 2.38 bits per heavy atom. The molecule has 1 aliphatic heterocycles. The van der Waals surface area contributed by atoms with Crippen molar-refractivity contribution in [1.82, 2.24) is 19.5 Å². The molecule has 0 bridgehead atoms. The number of hydrogen-bond acceptors (Lipinski definition) is 6. The fraction of sp³-hybridized carbons (Fsp3) is 0.286. The molecule has 2 aromatic heterocycles. The summed E-state index contributed by atoms with van der Waals surface area (Å²) in [6.45, 7) is 1.18. The van der Waals surface area contributed by atoms with Gasteiger partial charge in [0.15, 0.2) is 0 Å². The van der Waals surface area contributed by atoms with Crippen LogP contribution in [-0.4, -0.2) is 39.7 Å². The maximum Gasteiger partial charge on any atom is 0.419 e. The third-order valence-electron chi connectivity index (χ3n) is 7.08. The Labute approximate surface area is 226 Å². The summed E-state index contributed by atoms with van der Waals surface area (Å²) in [5.41, 5.74) is 0.290. The summed E-state index contributed by atoms with van der Waals surface area (Å²) in [5, 5.41) is 12.1. The van der Waals surface area contributed by atoms with E-state index in [1.165, 1.54) is 24.5 Å². The first-order valence-corrected chi connectivity index (χ1v) is 12.5. The average molecular weight is 554 g/mol. The van der Waals surface area contributed by atoms with Gasteiger partial charge < -0.3 is 14.8 Å². The van der Waals surface area contributed by atoms with Crippen molar-refractivity contribution >= 4 is 11.6 Å². The molecule has 0 amide bonds. The Balaban J connectivity index is 1.39. The van der Waals surface area contributed by atoms with Gasteiger partial charge in [-0.25, -0.2) is 23.7 Å². The minimum atomic E-state index is -4.80. The number of alkyl halides is 3. The van der Waals surface area contributed by atoms with Crippen molar-refractivity contribution in [3.05, 3.63) is 77.5 Å². The lowest BCUT2D eigenvalue weighted by Gasteiger charge is -2.34. The average Bonchev–Trinajstić information content (AvgIpc) is 3.33. The molecule has 5 rings (SSSR count). The summed E-state index contributed by atoms with van der Waals surface area (Å²) in [7, 11) is 3.49. The molecule has 0 spiro atoms. The van der Waals surface area contributed by atoms with Crippen molar-refractivity contribution in [3.63, 3.8) is 0 Å². The monoisotopic (exact) mass is 553 g/mol. The minimum absolute atomic E-state index is 0.0268. The molecule has 7 nitrogen and oxygen atoms in total. The maximum atomic E-state index is 14.5. The maximum absolute atomic E-state index is 14.5. The number of rotatable bonds is 5. The molecule has 0 saturated carbocycles. The van der Waals surface area contributed by atoms with Crippen molar-refractivity contribution in [3.8, 4) is 28.5 Å². The second-order valence-electron chi connectivity index (χ2n) is 9.53. The van der Waals surface area contributed by atoms with Crippen LogP contribution in [0.2, 0.25) is 0 Å². The Bertz CT molecular complexity index is 1600. The normalized spacial score (nSPS) is 14.3. The lowest BCUT2D eigenvalue weighted by Crippen LogP contribution is -2.34. The van der Waals surface area contributed by atoms with E-state index in [-0.39, 0.29) is 17.0 Å². The van der Waals surface area contributed by atoms with Crippen LogP contribution in [0.25, 0.3) is 22.4 Å². The van der Waals surface area contributed by atoms with Gasteiger partial charge in [0.05, 0.1) is 22.4 Å². The van der Waals surface area contributed by atoms with Crippen molar-refractivity contribution in [2.24, 2.45) is 7.05 Å². The topological polar surface area (TPSA) is 82.7 Å². The van der Waals surface area contributed by atoms with Crippen molar-refractivity contribution in [1.29, 1.82) is 5.26 Å². The van der Waals surface area contributed by atoms with Crippen LogP contribution >= 0.6 is 0 Å². The van der Waals surface area contributed by atoms with E-state index in [1.54, 1.807) is 30.9 Å². The molecule has 0 aliphatic carbocycles. The van der Waals surface area contributed by atoms with Crippen LogP contribution in [0.15, 0.2) is 48.9 Å². The number of aryl methyl sites for hydroxylation is 1. The molecule has 206 valence electrons. The van der Waals surface area contributed by atoms with E-state index in [0.29, 0.717) is 54.4 Å². The van der Waals surface area contributed by atoms with Crippen LogP contribution in [0.1, 0.15) is 35.7 Å². The third-order valence-corrected chi connectivity index (χ3v) is 7.08. The molecule has 0 unspecified atom stereocenters. The molecule has 1 aliphatic rings. The number of anilines is 2. The summed E-state index contributed by atoms with van der Waals surface area (Å²) < 4.78 is 69.7. The highest BCUT2D eigenvalue weighted by Gasteiger charge is 2.35. The van der Waals surface area contributed by atoms with E-state index in [4.69, 9.17) is 5.26 Å². The van der Waals surface area contributed by atoms with Crippen molar-refractivity contribution in [2.75, 3.05) is 30.4 Å². The predicted molar refractivity (Wildman–Crippen MR) is 139 cm³/mol. The lowest BCUT2D eigenvalue weighted by molar-refractivity contribution is -0.139.